The van der Waals surface area contributed by atoms with Crippen LogP contribution < -0.4 is 5.73 Å². The van der Waals surface area contributed by atoms with E-state index >= 15 is 0 Å². The Labute approximate surface area is 129 Å². The molecule has 1 saturated heterocycles. The number of fused-ring (bicyclic) bond motifs is 1. The van der Waals surface area contributed by atoms with Crippen molar-refractivity contribution in [2.45, 2.75) is 58.0 Å². The molecule has 3 unspecified atom stereocenters. The number of nitrogens with zero attached hydrogens (tertiary/aromatic N) is 1. The van der Waals surface area contributed by atoms with Gasteiger partial charge in [0.15, 0.2) is 0 Å². The molecular weight excluding hydrogens is 256 g/mol. The molecule has 0 spiro atoms. The van der Waals surface area contributed by atoms with Gasteiger partial charge in [0.1, 0.15) is 0 Å². The van der Waals surface area contributed by atoms with Gasteiger partial charge >= 0.3 is 0 Å². The molecule has 0 amide bonds. The van der Waals surface area contributed by atoms with E-state index in [1.165, 1.54) is 56.3 Å². The van der Waals surface area contributed by atoms with E-state index in [2.05, 4.69) is 43.0 Å². The Morgan fingerprint density at radius 3 is 2.71 bits per heavy atom. The van der Waals surface area contributed by atoms with Crippen molar-refractivity contribution in [3.8, 4) is 0 Å². The Balaban J connectivity index is 1.70. The van der Waals surface area contributed by atoms with E-state index in [1.54, 1.807) is 0 Å². The van der Waals surface area contributed by atoms with Gasteiger partial charge in [-0.15, -0.1) is 0 Å². The third kappa shape index (κ3) is 3.17. The molecule has 2 nitrogen and oxygen atoms in total. The van der Waals surface area contributed by atoms with E-state index in [-0.39, 0.29) is 6.04 Å². The van der Waals surface area contributed by atoms with Crippen molar-refractivity contribution in [2.24, 2.45) is 17.6 Å². The van der Waals surface area contributed by atoms with Crippen molar-refractivity contribution < 1.29 is 0 Å². The zero-order chi connectivity index (χ0) is 14.8. The Hall–Kier alpha value is -0.860. The Kier molecular flexibility index (Phi) is 4.66. The number of nitrogens with two attached hydrogens (primary N) is 1. The molecule has 1 heterocycles. The van der Waals surface area contributed by atoms with Crippen LogP contribution >= 0.6 is 0 Å². The van der Waals surface area contributed by atoms with Crippen LogP contribution in [0.5, 0.6) is 0 Å². The molecule has 2 heteroatoms. The summed E-state index contributed by atoms with van der Waals surface area (Å²) in [4.78, 5) is 2.70. The van der Waals surface area contributed by atoms with E-state index < -0.39 is 0 Å². The minimum Gasteiger partial charge on any atom is -0.323 e. The average molecular weight is 286 g/mol. The number of likely N-dealkylation sites (tertiary alicyclic amines) is 1. The first-order chi connectivity index (χ1) is 10.2. The second kappa shape index (κ2) is 6.50. The third-order valence-corrected chi connectivity index (χ3v) is 5.76. The van der Waals surface area contributed by atoms with Crippen LogP contribution in [0.2, 0.25) is 0 Å². The Morgan fingerprint density at radius 2 is 1.90 bits per heavy atom. The van der Waals surface area contributed by atoms with Crippen molar-refractivity contribution in [2.75, 3.05) is 13.1 Å². The molecule has 0 aromatic heterocycles. The summed E-state index contributed by atoms with van der Waals surface area (Å²) in [5.74, 6) is 1.73. The first-order valence-electron chi connectivity index (χ1n) is 8.74. The lowest BCUT2D eigenvalue weighted by atomic mass is 9.83. The van der Waals surface area contributed by atoms with Crippen molar-refractivity contribution in [3.63, 3.8) is 0 Å². The lowest BCUT2D eigenvalue weighted by molar-refractivity contribution is 0.157. The van der Waals surface area contributed by atoms with Crippen LogP contribution in [0.25, 0.3) is 0 Å². The van der Waals surface area contributed by atoms with Crippen molar-refractivity contribution >= 4 is 0 Å². The maximum atomic E-state index is 6.63. The van der Waals surface area contributed by atoms with Gasteiger partial charge in [0.2, 0.25) is 0 Å². The molecule has 1 aliphatic heterocycles. The topological polar surface area (TPSA) is 29.3 Å². The summed E-state index contributed by atoms with van der Waals surface area (Å²) in [6, 6.07) is 9.52. The maximum absolute atomic E-state index is 6.63. The lowest BCUT2D eigenvalue weighted by Crippen LogP contribution is -2.45. The maximum Gasteiger partial charge on any atom is 0.0455 e. The number of hydrogen-bond donors (Lipinski definition) is 1. The fourth-order valence-corrected chi connectivity index (χ4v) is 4.33. The van der Waals surface area contributed by atoms with Gasteiger partial charge in [0.25, 0.3) is 0 Å². The van der Waals surface area contributed by atoms with Crippen LogP contribution in [0.15, 0.2) is 24.3 Å². The first kappa shape index (κ1) is 15.1. The molecule has 2 N–H and O–H groups in total. The van der Waals surface area contributed by atoms with Gasteiger partial charge in [-0.05, 0) is 68.2 Å². The van der Waals surface area contributed by atoms with E-state index in [0.29, 0.717) is 6.04 Å². The van der Waals surface area contributed by atoms with Gasteiger partial charge in [-0.3, -0.25) is 4.90 Å². The Morgan fingerprint density at radius 1 is 1.10 bits per heavy atom. The highest BCUT2D eigenvalue weighted by Gasteiger charge is 2.32. The van der Waals surface area contributed by atoms with Crippen molar-refractivity contribution in [3.05, 3.63) is 35.4 Å². The number of hydrogen-bond acceptors (Lipinski definition) is 2. The molecule has 1 fully saturated rings. The largest absolute Gasteiger partial charge is 0.323 e. The fraction of sp³-hybridized carbons (Fsp3) is 0.684. The zero-order valence-corrected chi connectivity index (χ0v) is 13.6. The second-order valence-electron chi connectivity index (χ2n) is 7.30. The molecule has 3 atom stereocenters. The van der Waals surface area contributed by atoms with Gasteiger partial charge < -0.3 is 5.73 Å². The highest BCUT2D eigenvalue weighted by atomic mass is 15.2. The second-order valence-corrected chi connectivity index (χ2v) is 7.30. The highest BCUT2D eigenvalue weighted by molar-refractivity contribution is 5.33. The minimum absolute atomic E-state index is 0.200. The normalized spacial score (nSPS) is 31.0. The molecule has 21 heavy (non-hydrogen) atoms. The SMILES string of the molecule is CC(C)C1CCCN(C2CCc3ccccc3C2N)CC1. The van der Waals surface area contributed by atoms with Crippen molar-refractivity contribution in [1.29, 1.82) is 0 Å². The van der Waals surface area contributed by atoms with E-state index in [0.717, 1.165) is 11.8 Å². The molecule has 0 radical (unpaired) electrons. The highest BCUT2D eigenvalue weighted by Crippen LogP contribution is 2.33. The summed E-state index contributed by atoms with van der Waals surface area (Å²) < 4.78 is 0. The van der Waals surface area contributed by atoms with E-state index in [1.807, 2.05) is 0 Å². The standard InChI is InChI=1S/C19H30N2/c1-14(2)15-7-5-12-21(13-11-15)18-10-9-16-6-3-4-8-17(16)19(18)20/h3-4,6,8,14-15,18-19H,5,7,9-13,20H2,1-2H3. The van der Waals surface area contributed by atoms with E-state index in [4.69, 9.17) is 5.73 Å². The Bertz CT molecular complexity index is 468. The van der Waals surface area contributed by atoms with Gasteiger partial charge in [0, 0.05) is 12.1 Å². The average Bonchev–Trinajstić information content (AvgIpc) is 2.74. The minimum atomic E-state index is 0.200. The van der Waals surface area contributed by atoms with E-state index in [9.17, 15) is 0 Å². The molecule has 0 saturated carbocycles. The van der Waals surface area contributed by atoms with Crippen LogP contribution in [-0.4, -0.2) is 24.0 Å². The molecule has 1 aromatic rings. The summed E-state index contributed by atoms with van der Waals surface area (Å²) in [6.07, 6.45) is 6.51. The molecular formula is C19H30N2. The van der Waals surface area contributed by atoms with Gasteiger partial charge in [0.05, 0.1) is 0 Å². The van der Waals surface area contributed by atoms with Crippen LogP contribution in [-0.2, 0) is 6.42 Å². The molecule has 0 bridgehead atoms. The number of rotatable bonds is 2. The van der Waals surface area contributed by atoms with Crippen LogP contribution in [0.3, 0.4) is 0 Å². The fourth-order valence-electron chi connectivity index (χ4n) is 4.33. The monoisotopic (exact) mass is 286 g/mol. The van der Waals surface area contributed by atoms with Crippen molar-refractivity contribution in [1.82, 2.24) is 4.90 Å². The molecule has 1 aliphatic carbocycles. The molecule has 1 aromatic carbocycles. The number of benzene rings is 1. The van der Waals surface area contributed by atoms with Gasteiger partial charge in [-0.1, -0.05) is 38.1 Å². The lowest BCUT2D eigenvalue weighted by Gasteiger charge is -2.39. The third-order valence-electron chi connectivity index (χ3n) is 5.76. The predicted molar refractivity (Wildman–Crippen MR) is 89.2 cm³/mol. The molecule has 3 rings (SSSR count). The molecule has 2 aliphatic rings. The van der Waals surface area contributed by atoms with Crippen LogP contribution in [0, 0.1) is 11.8 Å². The first-order valence-corrected chi connectivity index (χ1v) is 8.74. The summed E-state index contributed by atoms with van der Waals surface area (Å²) in [6.45, 7) is 7.24. The summed E-state index contributed by atoms with van der Waals surface area (Å²) in [7, 11) is 0. The van der Waals surface area contributed by atoms with Gasteiger partial charge in [-0.2, -0.15) is 0 Å². The summed E-state index contributed by atoms with van der Waals surface area (Å²) in [5.41, 5.74) is 9.48. The zero-order valence-electron chi connectivity index (χ0n) is 13.6. The molecule has 116 valence electrons. The number of aryl methyl sites for hydroxylation is 1. The quantitative estimate of drug-likeness (QED) is 0.897. The van der Waals surface area contributed by atoms with Crippen LogP contribution in [0.1, 0.15) is 56.7 Å². The smallest absolute Gasteiger partial charge is 0.0455 e. The van der Waals surface area contributed by atoms with Gasteiger partial charge in [-0.25, -0.2) is 0 Å². The summed E-state index contributed by atoms with van der Waals surface area (Å²) in [5, 5.41) is 0. The van der Waals surface area contributed by atoms with Crippen LogP contribution in [0.4, 0.5) is 0 Å². The predicted octanol–water partition coefficient (Wildman–Crippen LogP) is 3.76. The summed E-state index contributed by atoms with van der Waals surface area (Å²) >= 11 is 0.